The Hall–Kier alpha value is -2.37. The predicted molar refractivity (Wildman–Crippen MR) is 93.0 cm³/mol. The van der Waals surface area contributed by atoms with Crippen molar-refractivity contribution >= 4 is 23.5 Å². The second-order valence-electron chi connectivity index (χ2n) is 6.94. The highest BCUT2D eigenvalue weighted by molar-refractivity contribution is 5.95. The molecule has 0 heterocycles. The number of anilines is 1. The van der Waals surface area contributed by atoms with Gasteiger partial charge in [0.05, 0.1) is 6.42 Å². The number of aliphatic carboxylic acids is 1. The van der Waals surface area contributed by atoms with Gasteiger partial charge in [-0.2, -0.15) is 0 Å². The van der Waals surface area contributed by atoms with E-state index in [9.17, 15) is 14.4 Å². The number of hydrogen-bond donors (Lipinski definition) is 3. The van der Waals surface area contributed by atoms with Gasteiger partial charge in [-0.25, -0.2) is 0 Å². The normalized spacial score (nSPS) is 11.0. The number of nitrogens with one attached hydrogen (secondary N) is 2. The highest BCUT2D eigenvalue weighted by atomic mass is 16.4. The predicted octanol–water partition coefficient (Wildman–Crippen LogP) is 3.05. The summed E-state index contributed by atoms with van der Waals surface area (Å²) in [6.07, 6.45) is 2.17. The number of rotatable bonds is 8. The third-order valence-corrected chi connectivity index (χ3v) is 3.39. The van der Waals surface area contributed by atoms with E-state index in [-0.39, 0.29) is 30.2 Å². The first-order valence-corrected chi connectivity index (χ1v) is 8.07. The van der Waals surface area contributed by atoms with E-state index in [0.29, 0.717) is 17.7 Å². The van der Waals surface area contributed by atoms with E-state index in [4.69, 9.17) is 5.11 Å². The standard InChI is InChI=1S/C18H26N2O4/c1-18(2,3)11-4-5-15(21)20-14-8-6-13(7-9-14)17(24)19-12-10-16(22)23/h6-9H,4-5,10-12H2,1-3H3,(H,19,24)(H,20,21)(H,22,23). The number of carbonyl (C=O) groups excluding carboxylic acids is 2. The maximum atomic E-state index is 11.9. The molecule has 0 saturated carbocycles. The summed E-state index contributed by atoms with van der Waals surface area (Å²) in [6.45, 7) is 6.52. The fourth-order valence-corrected chi connectivity index (χ4v) is 2.09. The summed E-state index contributed by atoms with van der Waals surface area (Å²) >= 11 is 0. The summed E-state index contributed by atoms with van der Waals surface area (Å²) in [5.74, 6) is -1.34. The number of carbonyl (C=O) groups is 3. The molecule has 0 aliphatic heterocycles. The monoisotopic (exact) mass is 334 g/mol. The maximum Gasteiger partial charge on any atom is 0.305 e. The van der Waals surface area contributed by atoms with Crippen molar-refractivity contribution < 1.29 is 19.5 Å². The van der Waals surface area contributed by atoms with Gasteiger partial charge in [-0.3, -0.25) is 14.4 Å². The van der Waals surface area contributed by atoms with Crippen molar-refractivity contribution in [2.24, 2.45) is 5.41 Å². The van der Waals surface area contributed by atoms with Crippen molar-refractivity contribution in [3.63, 3.8) is 0 Å². The molecule has 1 rings (SSSR count). The van der Waals surface area contributed by atoms with Crippen molar-refractivity contribution in [1.29, 1.82) is 0 Å². The second-order valence-corrected chi connectivity index (χ2v) is 6.94. The largest absolute Gasteiger partial charge is 0.481 e. The van der Waals surface area contributed by atoms with Gasteiger partial charge in [-0.05, 0) is 42.5 Å². The topological polar surface area (TPSA) is 95.5 Å². The summed E-state index contributed by atoms with van der Waals surface area (Å²) in [4.78, 5) is 34.1. The zero-order valence-corrected chi connectivity index (χ0v) is 14.5. The number of carboxylic acids is 1. The van der Waals surface area contributed by atoms with Crippen LogP contribution in [0.2, 0.25) is 0 Å². The molecule has 0 fully saturated rings. The van der Waals surface area contributed by atoms with Crippen molar-refractivity contribution in [3.8, 4) is 0 Å². The smallest absolute Gasteiger partial charge is 0.305 e. The molecule has 24 heavy (non-hydrogen) atoms. The molecular weight excluding hydrogens is 308 g/mol. The summed E-state index contributed by atoms with van der Waals surface area (Å²) in [7, 11) is 0. The van der Waals surface area contributed by atoms with Crippen molar-refractivity contribution in [2.75, 3.05) is 11.9 Å². The fourth-order valence-electron chi connectivity index (χ4n) is 2.09. The minimum absolute atomic E-state index is 0.0436. The van der Waals surface area contributed by atoms with Gasteiger partial charge in [-0.15, -0.1) is 0 Å². The average Bonchev–Trinajstić information content (AvgIpc) is 2.46. The van der Waals surface area contributed by atoms with Crippen LogP contribution in [0.5, 0.6) is 0 Å². The van der Waals surface area contributed by atoms with Crippen LogP contribution in [0.1, 0.15) is 56.8 Å². The first-order valence-electron chi connectivity index (χ1n) is 8.07. The highest BCUT2D eigenvalue weighted by Crippen LogP contribution is 2.21. The van der Waals surface area contributed by atoms with Gasteiger partial charge in [0.1, 0.15) is 0 Å². The first kappa shape index (κ1) is 19.7. The Kier molecular flexibility index (Phi) is 7.42. The van der Waals surface area contributed by atoms with Gasteiger partial charge in [0.2, 0.25) is 5.91 Å². The van der Waals surface area contributed by atoms with E-state index in [1.54, 1.807) is 24.3 Å². The Balaban J connectivity index is 2.42. The van der Waals surface area contributed by atoms with Crippen LogP contribution in [-0.2, 0) is 9.59 Å². The molecule has 1 aromatic carbocycles. The van der Waals surface area contributed by atoms with Crippen molar-refractivity contribution in [3.05, 3.63) is 29.8 Å². The van der Waals surface area contributed by atoms with Crippen LogP contribution in [0, 0.1) is 5.41 Å². The molecule has 0 saturated heterocycles. The lowest BCUT2D eigenvalue weighted by molar-refractivity contribution is -0.136. The maximum absolute atomic E-state index is 11.9. The molecule has 6 nitrogen and oxygen atoms in total. The molecule has 0 bridgehead atoms. The van der Waals surface area contributed by atoms with Crippen LogP contribution in [0.15, 0.2) is 24.3 Å². The Labute approximate surface area is 142 Å². The quantitative estimate of drug-likeness (QED) is 0.681. The molecule has 0 spiro atoms. The summed E-state index contributed by atoms with van der Waals surface area (Å²) in [5.41, 5.74) is 1.28. The molecular formula is C18H26N2O4. The van der Waals surface area contributed by atoms with Gasteiger partial charge in [0.15, 0.2) is 0 Å². The Morgan fingerprint density at radius 2 is 1.67 bits per heavy atom. The van der Waals surface area contributed by atoms with Gasteiger partial charge >= 0.3 is 5.97 Å². The third kappa shape index (κ3) is 8.31. The molecule has 0 aliphatic rings. The van der Waals surface area contributed by atoms with E-state index in [1.807, 2.05) is 0 Å². The molecule has 2 amide bonds. The van der Waals surface area contributed by atoms with Crippen molar-refractivity contribution in [2.45, 2.75) is 46.5 Å². The lowest BCUT2D eigenvalue weighted by atomic mass is 9.90. The van der Waals surface area contributed by atoms with Crippen LogP contribution < -0.4 is 10.6 Å². The number of benzene rings is 1. The lowest BCUT2D eigenvalue weighted by Crippen LogP contribution is -2.25. The van der Waals surface area contributed by atoms with E-state index in [2.05, 4.69) is 31.4 Å². The van der Waals surface area contributed by atoms with Crippen LogP contribution in [-0.4, -0.2) is 29.4 Å². The molecule has 1 aromatic rings. The van der Waals surface area contributed by atoms with Crippen LogP contribution >= 0.6 is 0 Å². The van der Waals surface area contributed by atoms with Crippen LogP contribution in [0.3, 0.4) is 0 Å². The molecule has 0 atom stereocenters. The van der Waals surface area contributed by atoms with E-state index in [1.165, 1.54) is 0 Å². The molecule has 3 N–H and O–H groups in total. The van der Waals surface area contributed by atoms with Crippen molar-refractivity contribution in [1.82, 2.24) is 5.32 Å². The van der Waals surface area contributed by atoms with Gasteiger partial charge in [0, 0.05) is 24.2 Å². The SMILES string of the molecule is CC(C)(C)CCCC(=O)Nc1ccc(C(=O)NCCC(=O)O)cc1. The summed E-state index contributed by atoms with van der Waals surface area (Å²) in [6, 6.07) is 6.52. The Morgan fingerprint density at radius 1 is 1.04 bits per heavy atom. The molecule has 6 heteroatoms. The summed E-state index contributed by atoms with van der Waals surface area (Å²) < 4.78 is 0. The fraction of sp³-hybridized carbons (Fsp3) is 0.500. The zero-order valence-electron chi connectivity index (χ0n) is 14.5. The number of carboxylic acid groups (broad SMARTS) is 1. The first-order chi connectivity index (χ1) is 11.2. The highest BCUT2D eigenvalue weighted by Gasteiger charge is 2.11. The number of hydrogen-bond acceptors (Lipinski definition) is 3. The van der Waals surface area contributed by atoms with E-state index < -0.39 is 5.97 Å². The molecule has 0 aromatic heterocycles. The average molecular weight is 334 g/mol. The van der Waals surface area contributed by atoms with Crippen LogP contribution in [0.25, 0.3) is 0 Å². The van der Waals surface area contributed by atoms with Gasteiger partial charge in [-0.1, -0.05) is 20.8 Å². The minimum Gasteiger partial charge on any atom is -0.481 e. The van der Waals surface area contributed by atoms with Gasteiger partial charge in [0.25, 0.3) is 5.91 Å². The second kappa shape index (κ2) is 9.05. The van der Waals surface area contributed by atoms with Crippen LogP contribution in [0.4, 0.5) is 5.69 Å². The van der Waals surface area contributed by atoms with E-state index >= 15 is 0 Å². The van der Waals surface area contributed by atoms with E-state index in [0.717, 1.165) is 12.8 Å². The minimum atomic E-state index is -0.958. The molecule has 0 aliphatic carbocycles. The third-order valence-electron chi connectivity index (χ3n) is 3.39. The molecule has 0 radical (unpaired) electrons. The molecule has 132 valence electrons. The number of amides is 2. The zero-order chi connectivity index (χ0) is 18.2. The summed E-state index contributed by atoms with van der Waals surface area (Å²) in [5, 5.41) is 13.9. The lowest BCUT2D eigenvalue weighted by Gasteiger charge is -2.17. The Bertz CT molecular complexity index is 574. The molecule has 0 unspecified atom stereocenters. The Morgan fingerprint density at radius 3 is 2.21 bits per heavy atom. The van der Waals surface area contributed by atoms with Gasteiger partial charge < -0.3 is 15.7 Å².